The van der Waals surface area contributed by atoms with Gasteiger partial charge in [0.1, 0.15) is 4.88 Å². The molecule has 2 saturated heterocycles. The van der Waals surface area contributed by atoms with Gasteiger partial charge in [-0.3, -0.25) is 9.20 Å². The molecule has 0 radical (unpaired) electrons. The topological polar surface area (TPSA) is 77.3 Å². The van der Waals surface area contributed by atoms with Crippen molar-refractivity contribution in [1.82, 2.24) is 19.6 Å². The van der Waals surface area contributed by atoms with Crippen molar-refractivity contribution in [2.24, 2.45) is 0 Å². The number of nitrogens with zero attached hydrogens (tertiary/aromatic N) is 3. The molecule has 2 fully saturated rings. The van der Waals surface area contributed by atoms with Gasteiger partial charge in [-0.2, -0.15) is 0 Å². The van der Waals surface area contributed by atoms with Gasteiger partial charge < -0.3 is 24.4 Å². The van der Waals surface area contributed by atoms with Gasteiger partial charge in [0.05, 0.1) is 36.9 Å². The summed E-state index contributed by atoms with van der Waals surface area (Å²) < 4.78 is 18.6. The Morgan fingerprint density at radius 1 is 1.30 bits per heavy atom. The normalized spacial score (nSPS) is 20.0. The molecule has 1 N–H and O–H groups in total. The fraction of sp³-hybridized carbons (Fsp3) is 0.524. The Kier molecular flexibility index (Phi) is 5.70. The van der Waals surface area contributed by atoms with Crippen LogP contribution >= 0.6 is 11.3 Å². The number of thiazole rings is 1. The lowest BCUT2D eigenvalue weighted by Crippen LogP contribution is -2.34. The second-order valence-corrected chi connectivity index (χ2v) is 8.81. The van der Waals surface area contributed by atoms with Crippen molar-refractivity contribution in [3.8, 4) is 0 Å². The summed E-state index contributed by atoms with van der Waals surface area (Å²) in [5, 5.41) is 3.48. The summed E-state index contributed by atoms with van der Waals surface area (Å²) in [5.41, 5.74) is 3.14. The van der Waals surface area contributed by atoms with Gasteiger partial charge >= 0.3 is 0 Å². The van der Waals surface area contributed by atoms with Gasteiger partial charge in [-0.25, -0.2) is 4.98 Å². The molecule has 0 saturated carbocycles. The summed E-state index contributed by atoms with van der Waals surface area (Å²) >= 11 is 1.40. The van der Waals surface area contributed by atoms with Crippen molar-refractivity contribution in [2.75, 3.05) is 40.0 Å². The number of carbonyl (C=O) groups excluding carboxylic acids is 1. The van der Waals surface area contributed by atoms with Crippen LogP contribution in [-0.2, 0) is 20.8 Å². The maximum Gasteiger partial charge on any atom is 0.265 e. The average Bonchev–Trinajstić information content (AvgIpc) is 3.52. The predicted octanol–water partition coefficient (Wildman–Crippen LogP) is 2.26. The monoisotopic (exact) mass is 430 g/mol. The van der Waals surface area contributed by atoms with Crippen LogP contribution in [0.3, 0.4) is 0 Å². The Balaban J connectivity index is 1.30. The minimum Gasteiger partial charge on any atom is -0.377 e. The Hall–Kier alpha value is -2.04. The van der Waals surface area contributed by atoms with Crippen molar-refractivity contribution in [1.29, 1.82) is 0 Å². The third-order valence-electron chi connectivity index (χ3n) is 5.57. The molecule has 0 aliphatic carbocycles. The van der Waals surface area contributed by atoms with Crippen LogP contribution in [0.15, 0.2) is 24.4 Å². The van der Waals surface area contributed by atoms with E-state index in [9.17, 15) is 4.79 Å². The number of likely N-dealkylation sites (N-methyl/N-ethyl adjacent to an activating group) is 1. The van der Waals surface area contributed by atoms with Crippen molar-refractivity contribution < 1.29 is 19.0 Å². The van der Waals surface area contributed by atoms with E-state index in [2.05, 4.69) is 22.4 Å². The van der Waals surface area contributed by atoms with Crippen LogP contribution in [-0.4, -0.2) is 72.5 Å². The summed E-state index contributed by atoms with van der Waals surface area (Å²) in [7, 11) is 1.77. The number of amides is 1. The van der Waals surface area contributed by atoms with Gasteiger partial charge in [0.2, 0.25) is 0 Å². The van der Waals surface area contributed by atoms with Gasteiger partial charge in [-0.05, 0) is 30.5 Å². The summed E-state index contributed by atoms with van der Waals surface area (Å²) in [6.07, 6.45) is 4.16. The van der Waals surface area contributed by atoms with E-state index in [1.165, 1.54) is 16.9 Å². The van der Waals surface area contributed by atoms with Crippen LogP contribution in [0, 0.1) is 0 Å². The third kappa shape index (κ3) is 4.08. The Morgan fingerprint density at radius 2 is 2.17 bits per heavy atom. The molecule has 2 aliphatic rings. The number of imidazole rings is 1. The highest BCUT2D eigenvalue weighted by Gasteiger charge is 2.23. The molecule has 1 amide bonds. The number of fused-ring (bicyclic) bond motifs is 3. The molecule has 5 rings (SSSR count). The number of ether oxygens (including phenoxy) is 3. The molecule has 0 unspecified atom stereocenters. The van der Waals surface area contributed by atoms with E-state index in [1.54, 1.807) is 11.9 Å². The first-order chi connectivity index (χ1) is 14.7. The van der Waals surface area contributed by atoms with Gasteiger partial charge in [-0.15, -0.1) is 0 Å². The fourth-order valence-electron chi connectivity index (χ4n) is 3.95. The first kappa shape index (κ1) is 19.9. The number of hydrogen-bond acceptors (Lipinski definition) is 7. The van der Waals surface area contributed by atoms with E-state index in [0.29, 0.717) is 30.7 Å². The van der Waals surface area contributed by atoms with E-state index in [1.807, 2.05) is 16.7 Å². The van der Waals surface area contributed by atoms with Crippen LogP contribution in [0.1, 0.15) is 28.1 Å². The van der Waals surface area contributed by atoms with Crippen molar-refractivity contribution >= 4 is 33.2 Å². The van der Waals surface area contributed by atoms with Crippen LogP contribution in [0.2, 0.25) is 0 Å². The lowest BCUT2D eigenvalue weighted by Gasteiger charge is -2.19. The molecule has 0 spiro atoms. The molecule has 2 aromatic heterocycles. The SMILES string of the molecule is CN(CC1OCCO1)C(=O)c1cn2c(nc3ccc(CNC[C@H]4CCCO4)cc32)s1. The van der Waals surface area contributed by atoms with Gasteiger partial charge in [0.25, 0.3) is 5.91 Å². The zero-order valence-corrected chi connectivity index (χ0v) is 17.8. The molecule has 30 heavy (non-hydrogen) atoms. The molecule has 4 heterocycles. The maximum absolute atomic E-state index is 12.8. The second kappa shape index (κ2) is 8.60. The van der Waals surface area contributed by atoms with E-state index >= 15 is 0 Å². The standard InChI is InChI=1S/C21H26N4O4S/c1-24(13-19-28-7-8-29-19)20(26)18-12-25-17-9-14(4-5-16(17)23-21(25)30-18)10-22-11-15-3-2-6-27-15/h4-5,9,12,15,19,22H,2-3,6-8,10-11,13H2,1H3/t15-/m1/s1. The zero-order valence-electron chi connectivity index (χ0n) is 17.0. The van der Waals surface area contributed by atoms with Gasteiger partial charge in [-0.1, -0.05) is 17.4 Å². The fourth-order valence-corrected chi connectivity index (χ4v) is 4.95. The van der Waals surface area contributed by atoms with Crippen LogP contribution in [0.25, 0.3) is 16.0 Å². The van der Waals surface area contributed by atoms with Crippen molar-refractivity contribution in [2.45, 2.75) is 31.8 Å². The quantitative estimate of drug-likeness (QED) is 0.620. The predicted molar refractivity (Wildman–Crippen MR) is 114 cm³/mol. The Morgan fingerprint density at radius 3 is 2.97 bits per heavy atom. The summed E-state index contributed by atoms with van der Waals surface area (Å²) in [6.45, 7) is 4.11. The van der Waals surface area contributed by atoms with Crippen LogP contribution < -0.4 is 5.32 Å². The van der Waals surface area contributed by atoms with E-state index < -0.39 is 0 Å². The minimum absolute atomic E-state index is 0.0489. The summed E-state index contributed by atoms with van der Waals surface area (Å²) in [4.78, 5) is 20.6. The molecule has 160 valence electrons. The molecule has 8 nitrogen and oxygen atoms in total. The van der Waals surface area contributed by atoms with Crippen molar-refractivity contribution in [3.63, 3.8) is 0 Å². The lowest BCUT2D eigenvalue weighted by molar-refractivity contribution is -0.0542. The molecule has 3 aromatic rings. The first-order valence-corrected chi connectivity index (χ1v) is 11.2. The molecule has 0 bridgehead atoms. The van der Waals surface area contributed by atoms with Crippen LogP contribution in [0.5, 0.6) is 0 Å². The van der Waals surface area contributed by atoms with E-state index in [-0.39, 0.29) is 12.2 Å². The zero-order chi connectivity index (χ0) is 20.5. The first-order valence-electron chi connectivity index (χ1n) is 10.4. The smallest absolute Gasteiger partial charge is 0.265 e. The Labute approximate surface area is 178 Å². The van der Waals surface area contributed by atoms with Gasteiger partial charge in [0.15, 0.2) is 11.3 Å². The van der Waals surface area contributed by atoms with Crippen LogP contribution in [0.4, 0.5) is 0 Å². The highest BCUT2D eigenvalue weighted by molar-refractivity contribution is 7.18. The number of benzene rings is 1. The molecule has 9 heteroatoms. The maximum atomic E-state index is 12.8. The third-order valence-corrected chi connectivity index (χ3v) is 6.54. The molecule has 1 aromatic carbocycles. The molecule has 2 aliphatic heterocycles. The van der Waals surface area contributed by atoms with E-state index in [4.69, 9.17) is 14.2 Å². The minimum atomic E-state index is -0.339. The van der Waals surface area contributed by atoms with Gasteiger partial charge in [0, 0.05) is 32.9 Å². The Bertz CT molecular complexity index is 1040. The highest BCUT2D eigenvalue weighted by atomic mass is 32.1. The molecule has 1 atom stereocenters. The number of carbonyl (C=O) groups is 1. The number of nitrogens with one attached hydrogen (secondary N) is 1. The number of aromatic nitrogens is 2. The van der Waals surface area contributed by atoms with E-state index in [0.717, 1.165) is 48.5 Å². The summed E-state index contributed by atoms with van der Waals surface area (Å²) in [6, 6.07) is 6.28. The lowest BCUT2D eigenvalue weighted by atomic mass is 10.2. The second-order valence-electron chi connectivity index (χ2n) is 7.81. The van der Waals surface area contributed by atoms with Crippen molar-refractivity contribution in [3.05, 3.63) is 34.8 Å². The highest BCUT2D eigenvalue weighted by Crippen LogP contribution is 2.25. The summed E-state index contributed by atoms with van der Waals surface area (Å²) in [5.74, 6) is -0.0489. The molecular weight excluding hydrogens is 404 g/mol. The average molecular weight is 431 g/mol. The number of rotatable bonds is 7. The number of hydrogen-bond donors (Lipinski definition) is 1. The largest absolute Gasteiger partial charge is 0.377 e. The molecular formula is C21H26N4O4S.